The van der Waals surface area contributed by atoms with Gasteiger partial charge in [-0.05, 0) is 25.0 Å². The minimum atomic E-state index is -0.702. The summed E-state index contributed by atoms with van der Waals surface area (Å²) in [6.45, 7) is 9.52. The monoisotopic (exact) mass is 431 g/mol. The minimum absolute atomic E-state index is 0.0173. The van der Waals surface area contributed by atoms with Crippen molar-refractivity contribution in [3.8, 4) is 0 Å². The number of carbonyl (C=O) groups excluding carboxylic acids is 3. The number of aromatic nitrogens is 1. The van der Waals surface area contributed by atoms with Crippen molar-refractivity contribution in [2.24, 2.45) is 17.3 Å². The Morgan fingerprint density at radius 2 is 1.84 bits per heavy atom. The first kappa shape index (κ1) is 20.9. The van der Waals surface area contributed by atoms with E-state index in [1.54, 1.807) is 6.20 Å². The molecular formula is C26H29N3O3. The van der Waals surface area contributed by atoms with E-state index in [-0.39, 0.29) is 29.7 Å². The molecule has 2 fully saturated rings. The zero-order valence-electron chi connectivity index (χ0n) is 19.2. The largest absolute Gasteiger partial charge is 0.351 e. The van der Waals surface area contributed by atoms with Crippen LogP contribution in [-0.2, 0) is 14.4 Å². The number of likely N-dealkylation sites (tertiary alicyclic amines) is 1. The number of benzene rings is 1. The Bertz CT molecular complexity index is 1180. The lowest BCUT2D eigenvalue weighted by atomic mass is 9.79. The summed E-state index contributed by atoms with van der Waals surface area (Å²) in [5.41, 5.74) is 1.95. The first-order valence-electron chi connectivity index (χ1n) is 11.4. The van der Waals surface area contributed by atoms with E-state index >= 15 is 0 Å². The van der Waals surface area contributed by atoms with Gasteiger partial charge in [0, 0.05) is 23.0 Å². The Kier molecular flexibility index (Phi) is 4.56. The van der Waals surface area contributed by atoms with Crippen LogP contribution in [0.2, 0.25) is 0 Å². The fourth-order valence-corrected chi connectivity index (χ4v) is 5.56. The van der Waals surface area contributed by atoms with Gasteiger partial charge in [0.2, 0.25) is 11.8 Å². The summed E-state index contributed by atoms with van der Waals surface area (Å²) in [7, 11) is 0. The van der Waals surface area contributed by atoms with Crippen molar-refractivity contribution in [2.45, 2.75) is 59.2 Å². The molecule has 5 rings (SSSR count). The van der Waals surface area contributed by atoms with Gasteiger partial charge in [0.15, 0.2) is 5.78 Å². The molecule has 4 heterocycles. The summed E-state index contributed by atoms with van der Waals surface area (Å²) in [5.74, 6) is -1.63. The molecule has 0 saturated carbocycles. The lowest BCUT2D eigenvalue weighted by molar-refractivity contribution is -0.144. The third-order valence-corrected chi connectivity index (χ3v) is 7.31. The molecule has 0 bridgehead atoms. The van der Waals surface area contributed by atoms with E-state index in [1.165, 1.54) is 4.90 Å². The number of carbonyl (C=O) groups is 3. The van der Waals surface area contributed by atoms with Crippen LogP contribution in [0.3, 0.4) is 0 Å². The number of ketones is 1. The van der Waals surface area contributed by atoms with Crippen LogP contribution in [0.5, 0.6) is 0 Å². The van der Waals surface area contributed by atoms with E-state index in [0.29, 0.717) is 6.42 Å². The average Bonchev–Trinajstić information content (AvgIpc) is 3.24. The molecule has 2 amide bonds. The van der Waals surface area contributed by atoms with Crippen LogP contribution < -0.4 is 4.90 Å². The predicted molar refractivity (Wildman–Crippen MR) is 124 cm³/mol. The number of amides is 2. The van der Waals surface area contributed by atoms with Crippen molar-refractivity contribution in [1.29, 1.82) is 0 Å². The van der Waals surface area contributed by atoms with Crippen molar-refractivity contribution < 1.29 is 14.4 Å². The number of anilines is 1. The smallest absolute Gasteiger partial charge is 0.235 e. The summed E-state index contributed by atoms with van der Waals surface area (Å²) in [5, 5.41) is 0.971. The Balaban J connectivity index is 1.74. The van der Waals surface area contributed by atoms with Crippen LogP contribution in [0.25, 0.3) is 17.0 Å². The number of nitrogens with zero attached hydrogens (tertiary/aromatic N) is 3. The van der Waals surface area contributed by atoms with Gasteiger partial charge in [0.1, 0.15) is 6.04 Å². The van der Waals surface area contributed by atoms with Crippen LogP contribution >= 0.6 is 0 Å². The van der Waals surface area contributed by atoms with Gasteiger partial charge < -0.3 is 4.90 Å². The highest BCUT2D eigenvalue weighted by atomic mass is 16.2. The molecule has 1 aromatic heterocycles. The Morgan fingerprint density at radius 1 is 1.12 bits per heavy atom. The zero-order chi connectivity index (χ0) is 22.9. The Hall–Kier alpha value is -3.02. The van der Waals surface area contributed by atoms with Crippen LogP contribution in [0.4, 0.5) is 5.69 Å². The normalized spacial score (nSPS) is 27.5. The molecule has 0 radical (unpaired) electrons. The second-order valence-electron chi connectivity index (χ2n) is 10.2. The van der Waals surface area contributed by atoms with Gasteiger partial charge in [-0.2, -0.15) is 0 Å². The quantitative estimate of drug-likeness (QED) is 0.691. The number of hydrogen-bond donors (Lipinski definition) is 0. The van der Waals surface area contributed by atoms with Gasteiger partial charge in [0.25, 0.3) is 0 Å². The molecule has 6 heteroatoms. The first-order valence-corrected chi connectivity index (χ1v) is 11.4. The maximum absolute atomic E-state index is 13.8. The Morgan fingerprint density at radius 3 is 2.53 bits per heavy atom. The van der Waals surface area contributed by atoms with Gasteiger partial charge in [-0.3, -0.25) is 24.3 Å². The molecule has 166 valence electrons. The minimum Gasteiger partial charge on any atom is -0.351 e. The third kappa shape index (κ3) is 2.71. The lowest BCUT2D eigenvalue weighted by Crippen LogP contribution is -2.52. The fraction of sp³-hybridized carbons (Fsp3) is 0.462. The SMILES string of the molecule is CC[C@H](C)N1C(=O)[C@@H]2[C@H](C1=O)[C@H](C(=O)C(C)(C)C)N1c3c(ccc4cccnc34)C=C[C@@H]21. The van der Waals surface area contributed by atoms with Crippen LogP contribution in [0.15, 0.2) is 36.5 Å². The maximum atomic E-state index is 13.8. The van der Waals surface area contributed by atoms with Crippen LogP contribution in [0.1, 0.15) is 46.6 Å². The summed E-state index contributed by atoms with van der Waals surface area (Å²) < 4.78 is 0. The molecule has 3 aliphatic heterocycles. The van der Waals surface area contributed by atoms with Crippen molar-refractivity contribution in [3.05, 3.63) is 42.1 Å². The van der Waals surface area contributed by atoms with Gasteiger partial charge >= 0.3 is 0 Å². The lowest BCUT2D eigenvalue weighted by Gasteiger charge is -2.39. The Labute approximate surface area is 188 Å². The van der Waals surface area contributed by atoms with Crippen LogP contribution in [-0.4, -0.2) is 45.6 Å². The van der Waals surface area contributed by atoms with E-state index in [2.05, 4.69) is 4.98 Å². The van der Waals surface area contributed by atoms with Crippen molar-refractivity contribution >= 4 is 40.3 Å². The first-order chi connectivity index (χ1) is 15.2. The summed E-state index contributed by atoms with van der Waals surface area (Å²) in [4.78, 5) is 49.1. The molecule has 1 aromatic carbocycles. The summed E-state index contributed by atoms with van der Waals surface area (Å²) >= 11 is 0. The molecule has 0 unspecified atom stereocenters. The standard InChI is InChI=1S/C26H29N3O3/c1-6-14(2)28-24(31)18-17-12-11-16-10-9-15-8-7-13-27-20(15)21(16)29(17)22(19(18)25(28)32)23(30)26(3,4)5/h7-14,17-19,22H,6H2,1-5H3/t14-,17-,18-,19-,22+/m0/s1. The third-order valence-electron chi connectivity index (χ3n) is 7.31. The molecule has 2 saturated heterocycles. The highest BCUT2D eigenvalue weighted by Crippen LogP contribution is 2.51. The molecule has 6 nitrogen and oxygen atoms in total. The van der Waals surface area contributed by atoms with Gasteiger partial charge in [-0.25, -0.2) is 0 Å². The number of fused-ring (bicyclic) bond motifs is 7. The molecular weight excluding hydrogens is 402 g/mol. The second kappa shape index (κ2) is 6.99. The topological polar surface area (TPSA) is 70.6 Å². The van der Waals surface area contributed by atoms with Crippen molar-refractivity contribution in [3.63, 3.8) is 0 Å². The second-order valence-corrected chi connectivity index (χ2v) is 10.2. The number of Topliss-reactive ketones (excluding diaryl/α,β-unsaturated/α-hetero) is 1. The van der Waals surface area contributed by atoms with Crippen molar-refractivity contribution in [1.82, 2.24) is 9.88 Å². The zero-order valence-corrected chi connectivity index (χ0v) is 19.2. The molecule has 3 aliphatic rings. The fourth-order valence-electron chi connectivity index (χ4n) is 5.56. The van der Waals surface area contributed by atoms with E-state index in [1.807, 2.05) is 75.9 Å². The number of rotatable bonds is 3. The molecule has 0 spiro atoms. The molecule has 0 N–H and O–H groups in total. The summed E-state index contributed by atoms with van der Waals surface area (Å²) in [6, 6.07) is 6.70. The van der Waals surface area contributed by atoms with Gasteiger partial charge in [-0.1, -0.05) is 58.0 Å². The highest BCUT2D eigenvalue weighted by molar-refractivity contribution is 6.13. The number of pyridine rings is 1. The van der Waals surface area contributed by atoms with Gasteiger partial charge in [0.05, 0.1) is 29.1 Å². The van der Waals surface area contributed by atoms with Crippen LogP contribution in [0, 0.1) is 17.3 Å². The molecule has 0 aliphatic carbocycles. The molecule has 32 heavy (non-hydrogen) atoms. The van der Waals surface area contributed by atoms with E-state index < -0.39 is 23.3 Å². The molecule has 2 aromatic rings. The van der Waals surface area contributed by atoms with Gasteiger partial charge in [-0.15, -0.1) is 0 Å². The van der Waals surface area contributed by atoms with Crippen molar-refractivity contribution in [2.75, 3.05) is 4.90 Å². The maximum Gasteiger partial charge on any atom is 0.235 e. The average molecular weight is 432 g/mol. The number of imide groups is 1. The summed E-state index contributed by atoms with van der Waals surface area (Å²) in [6.07, 6.45) is 6.44. The molecule has 5 atom stereocenters. The number of hydrogen-bond acceptors (Lipinski definition) is 5. The van der Waals surface area contributed by atoms with E-state index in [0.717, 1.165) is 22.2 Å². The van der Waals surface area contributed by atoms with E-state index in [4.69, 9.17) is 0 Å². The van der Waals surface area contributed by atoms with E-state index in [9.17, 15) is 14.4 Å². The predicted octanol–water partition coefficient (Wildman–Crippen LogP) is 3.83. The highest BCUT2D eigenvalue weighted by Gasteiger charge is 2.65.